The molecule has 0 aliphatic heterocycles. The molecule has 3 aromatic carbocycles. The predicted molar refractivity (Wildman–Crippen MR) is 110 cm³/mol. The number of hydrogen-bond donors (Lipinski definition) is 0. The minimum atomic E-state index is -3.70. The van der Waals surface area contributed by atoms with Gasteiger partial charge in [-0.2, -0.15) is 4.31 Å². The number of rotatable bonds is 7. The number of halogens is 1. The van der Waals surface area contributed by atoms with Crippen molar-refractivity contribution >= 4 is 26.0 Å². The molecule has 0 fully saturated rings. The maximum absolute atomic E-state index is 13.4. The normalized spacial score (nSPS) is 11.5. The van der Waals surface area contributed by atoms with Crippen LogP contribution in [0.1, 0.15) is 11.1 Å². The molecule has 3 aromatic rings. The van der Waals surface area contributed by atoms with Crippen molar-refractivity contribution in [2.75, 3.05) is 7.11 Å². The third-order valence-electron chi connectivity index (χ3n) is 4.16. The van der Waals surface area contributed by atoms with E-state index in [-0.39, 0.29) is 4.90 Å². The van der Waals surface area contributed by atoms with Crippen LogP contribution in [0.5, 0.6) is 5.75 Å². The lowest BCUT2D eigenvalue weighted by atomic mass is 10.2. The molecule has 6 heteroatoms. The predicted octanol–water partition coefficient (Wildman–Crippen LogP) is 4.85. The highest BCUT2D eigenvalue weighted by molar-refractivity contribution is 9.10. The fraction of sp³-hybridized carbons (Fsp3) is 0.143. The van der Waals surface area contributed by atoms with Gasteiger partial charge in [-0.25, -0.2) is 8.42 Å². The minimum absolute atomic E-state index is 0.224. The SMILES string of the molecule is COc1ccc(S(=O)(=O)N(Cc2ccccc2)Cc2ccccc2)cc1Br. The number of nitrogens with zero attached hydrogens (tertiary/aromatic N) is 1. The van der Waals surface area contributed by atoms with Gasteiger partial charge in [-0.15, -0.1) is 0 Å². The van der Waals surface area contributed by atoms with Crippen LogP contribution in [-0.4, -0.2) is 19.8 Å². The van der Waals surface area contributed by atoms with Crippen LogP contribution >= 0.6 is 15.9 Å². The molecule has 0 spiro atoms. The van der Waals surface area contributed by atoms with Crippen LogP contribution in [0.2, 0.25) is 0 Å². The highest BCUT2D eigenvalue weighted by Gasteiger charge is 2.25. The average Bonchev–Trinajstić information content (AvgIpc) is 2.69. The van der Waals surface area contributed by atoms with Gasteiger partial charge in [0.1, 0.15) is 5.75 Å². The summed E-state index contributed by atoms with van der Waals surface area (Å²) >= 11 is 3.37. The van der Waals surface area contributed by atoms with Crippen LogP contribution in [0.4, 0.5) is 0 Å². The van der Waals surface area contributed by atoms with Crippen LogP contribution < -0.4 is 4.74 Å². The van der Waals surface area contributed by atoms with Gasteiger partial charge in [0, 0.05) is 13.1 Å². The van der Waals surface area contributed by atoms with E-state index < -0.39 is 10.0 Å². The fourth-order valence-electron chi connectivity index (χ4n) is 2.76. The Morgan fingerprint density at radius 2 is 1.37 bits per heavy atom. The maximum atomic E-state index is 13.4. The summed E-state index contributed by atoms with van der Waals surface area (Å²) in [6, 6.07) is 24.0. The molecule has 140 valence electrons. The molecule has 0 saturated heterocycles. The van der Waals surface area contributed by atoms with E-state index in [1.54, 1.807) is 25.3 Å². The first-order valence-corrected chi connectivity index (χ1v) is 10.7. The first-order chi connectivity index (χ1) is 13.0. The molecule has 0 aromatic heterocycles. The van der Waals surface area contributed by atoms with Crippen LogP contribution in [0.25, 0.3) is 0 Å². The Morgan fingerprint density at radius 3 is 1.81 bits per heavy atom. The van der Waals surface area contributed by atoms with E-state index in [0.717, 1.165) is 11.1 Å². The third kappa shape index (κ3) is 4.77. The van der Waals surface area contributed by atoms with E-state index in [9.17, 15) is 8.42 Å². The summed E-state index contributed by atoms with van der Waals surface area (Å²) in [5, 5.41) is 0. The van der Waals surface area contributed by atoms with Crippen LogP contribution in [0, 0.1) is 0 Å². The zero-order valence-electron chi connectivity index (χ0n) is 14.9. The smallest absolute Gasteiger partial charge is 0.243 e. The zero-order chi connectivity index (χ0) is 19.3. The Morgan fingerprint density at radius 1 is 0.852 bits per heavy atom. The zero-order valence-corrected chi connectivity index (χ0v) is 17.3. The first-order valence-electron chi connectivity index (χ1n) is 8.42. The molecular weight excluding hydrogens is 426 g/mol. The Balaban J connectivity index is 1.98. The van der Waals surface area contributed by atoms with Gasteiger partial charge in [0.25, 0.3) is 0 Å². The van der Waals surface area contributed by atoms with E-state index in [1.165, 1.54) is 4.31 Å². The molecule has 0 unspecified atom stereocenters. The minimum Gasteiger partial charge on any atom is -0.496 e. The van der Waals surface area contributed by atoms with E-state index in [0.29, 0.717) is 23.3 Å². The van der Waals surface area contributed by atoms with E-state index in [1.807, 2.05) is 60.7 Å². The maximum Gasteiger partial charge on any atom is 0.243 e. The average molecular weight is 446 g/mol. The van der Waals surface area contributed by atoms with Gasteiger partial charge in [-0.3, -0.25) is 0 Å². The topological polar surface area (TPSA) is 46.6 Å². The molecule has 0 aliphatic rings. The molecular formula is C21H20BrNO3S. The molecule has 0 radical (unpaired) electrons. The van der Waals surface area contributed by atoms with Crippen molar-refractivity contribution in [1.29, 1.82) is 0 Å². The molecule has 0 amide bonds. The second-order valence-electron chi connectivity index (χ2n) is 6.04. The molecule has 0 bridgehead atoms. The molecule has 3 rings (SSSR count). The van der Waals surface area contributed by atoms with Crippen molar-refractivity contribution in [2.45, 2.75) is 18.0 Å². The van der Waals surface area contributed by atoms with Gasteiger partial charge in [0.2, 0.25) is 10.0 Å². The first kappa shape index (κ1) is 19.6. The standard InChI is InChI=1S/C21H20BrNO3S/c1-26-21-13-12-19(14-20(21)22)27(24,25)23(15-17-8-4-2-5-9-17)16-18-10-6-3-7-11-18/h2-14H,15-16H2,1H3. The summed E-state index contributed by atoms with van der Waals surface area (Å²) in [6.07, 6.45) is 0. The Labute approximate surface area is 168 Å². The van der Waals surface area contributed by atoms with Crippen LogP contribution in [0.3, 0.4) is 0 Å². The second kappa shape index (κ2) is 8.69. The number of methoxy groups -OCH3 is 1. The molecule has 4 nitrogen and oxygen atoms in total. The summed E-state index contributed by atoms with van der Waals surface area (Å²) < 4.78 is 34.0. The molecule has 0 aliphatic carbocycles. The van der Waals surface area contributed by atoms with Crippen LogP contribution in [-0.2, 0) is 23.1 Å². The Hall–Kier alpha value is -2.15. The van der Waals surface area contributed by atoms with E-state index in [2.05, 4.69) is 15.9 Å². The molecule has 0 saturated carbocycles. The molecule has 27 heavy (non-hydrogen) atoms. The van der Waals surface area contributed by atoms with Crippen molar-refractivity contribution in [3.8, 4) is 5.75 Å². The highest BCUT2D eigenvalue weighted by Crippen LogP contribution is 2.30. The lowest BCUT2D eigenvalue weighted by Crippen LogP contribution is -2.30. The monoisotopic (exact) mass is 445 g/mol. The van der Waals surface area contributed by atoms with Crippen molar-refractivity contribution in [1.82, 2.24) is 4.31 Å². The summed E-state index contributed by atoms with van der Waals surface area (Å²) in [5.41, 5.74) is 1.87. The lowest BCUT2D eigenvalue weighted by Gasteiger charge is -2.23. The summed E-state index contributed by atoms with van der Waals surface area (Å²) in [6.45, 7) is 0.587. The number of benzene rings is 3. The molecule has 0 heterocycles. The number of sulfonamides is 1. The van der Waals surface area contributed by atoms with Crippen molar-refractivity contribution in [3.05, 3.63) is 94.5 Å². The largest absolute Gasteiger partial charge is 0.496 e. The molecule has 0 atom stereocenters. The van der Waals surface area contributed by atoms with Gasteiger partial charge in [0.05, 0.1) is 16.5 Å². The Kier molecular flexibility index (Phi) is 6.31. The van der Waals surface area contributed by atoms with E-state index in [4.69, 9.17) is 4.74 Å². The van der Waals surface area contributed by atoms with Gasteiger partial charge in [-0.1, -0.05) is 60.7 Å². The highest BCUT2D eigenvalue weighted by atomic mass is 79.9. The quantitative estimate of drug-likeness (QED) is 0.522. The van der Waals surface area contributed by atoms with Crippen molar-refractivity contribution in [2.24, 2.45) is 0 Å². The van der Waals surface area contributed by atoms with Gasteiger partial charge in [-0.05, 0) is 45.3 Å². The second-order valence-corrected chi connectivity index (χ2v) is 8.83. The summed E-state index contributed by atoms with van der Waals surface area (Å²) in [7, 11) is -2.15. The number of hydrogen-bond acceptors (Lipinski definition) is 3. The van der Waals surface area contributed by atoms with Crippen molar-refractivity contribution in [3.63, 3.8) is 0 Å². The summed E-state index contributed by atoms with van der Waals surface area (Å²) in [5.74, 6) is 0.589. The van der Waals surface area contributed by atoms with Gasteiger partial charge < -0.3 is 4.74 Å². The third-order valence-corrected chi connectivity index (χ3v) is 6.57. The Bertz CT molecular complexity index is 951. The fourth-order valence-corrected chi connectivity index (χ4v) is 4.89. The van der Waals surface area contributed by atoms with Gasteiger partial charge >= 0.3 is 0 Å². The lowest BCUT2D eigenvalue weighted by molar-refractivity contribution is 0.400. The van der Waals surface area contributed by atoms with Crippen molar-refractivity contribution < 1.29 is 13.2 Å². The number of ether oxygens (including phenoxy) is 1. The van der Waals surface area contributed by atoms with Crippen LogP contribution in [0.15, 0.2) is 88.2 Å². The van der Waals surface area contributed by atoms with Gasteiger partial charge in [0.15, 0.2) is 0 Å². The molecule has 0 N–H and O–H groups in total. The van der Waals surface area contributed by atoms with E-state index >= 15 is 0 Å². The summed E-state index contributed by atoms with van der Waals surface area (Å²) in [4.78, 5) is 0.224.